The minimum absolute atomic E-state index is 0.143. The molecule has 1 unspecified atom stereocenters. The van der Waals surface area contributed by atoms with Gasteiger partial charge in [0, 0.05) is 11.5 Å². The molecule has 3 rings (SSSR count). The van der Waals surface area contributed by atoms with Crippen LogP contribution in [0.5, 0.6) is 0 Å². The van der Waals surface area contributed by atoms with E-state index in [1.165, 1.54) is 0 Å². The van der Waals surface area contributed by atoms with Gasteiger partial charge in [-0.15, -0.1) is 0 Å². The fraction of sp³-hybridized carbons (Fsp3) is 0.889. The molecule has 3 saturated carbocycles. The minimum atomic E-state index is 0.143. The molecular formula is C9H15NO. The fourth-order valence-electron chi connectivity index (χ4n) is 2.84. The molecule has 1 atom stereocenters. The number of nitrogens with two attached hydrogens (primary N) is 1. The van der Waals surface area contributed by atoms with Gasteiger partial charge in [0.1, 0.15) is 5.78 Å². The van der Waals surface area contributed by atoms with Gasteiger partial charge >= 0.3 is 0 Å². The van der Waals surface area contributed by atoms with Gasteiger partial charge in [0.25, 0.3) is 0 Å². The topological polar surface area (TPSA) is 43.1 Å². The first-order valence-corrected chi connectivity index (χ1v) is 4.27. The van der Waals surface area contributed by atoms with Crippen molar-refractivity contribution in [1.82, 2.24) is 0 Å². The summed E-state index contributed by atoms with van der Waals surface area (Å²) in [6.07, 6.45) is 3.25. The normalized spacial score (nSPS) is 49.0. The average Bonchev–Trinajstić information content (AvgIpc) is 1.77. The van der Waals surface area contributed by atoms with E-state index in [4.69, 9.17) is 5.73 Å². The molecule has 2 bridgehead atoms. The van der Waals surface area contributed by atoms with E-state index in [0.29, 0.717) is 11.2 Å². The van der Waals surface area contributed by atoms with Gasteiger partial charge in [0.05, 0.1) is 0 Å². The van der Waals surface area contributed by atoms with Crippen molar-refractivity contribution in [1.29, 1.82) is 0 Å². The summed E-state index contributed by atoms with van der Waals surface area (Å²) in [4.78, 5) is 11.1. The average molecular weight is 153 g/mol. The summed E-state index contributed by atoms with van der Waals surface area (Å²) in [5.74, 6) is 0.569. The van der Waals surface area contributed by atoms with Crippen molar-refractivity contribution in [2.24, 2.45) is 17.1 Å². The summed E-state index contributed by atoms with van der Waals surface area (Å²) in [6, 6.07) is 0. The number of carbonyl (C=O) groups excluding carboxylic acids is 1. The Morgan fingerprint density at radius 2 is 1.91 bits per heavy atom. The lowest BCUT2D eigenvalue weighted by Crippen LogP contribution is -2.74. The lowest BCUT2D eigenvalue weighted by molar-refractivity contribution is -0.174. The van der Waals surface area contributed by atoms with Crippen molar-refractivity contribution in [2.75, 3.05) is 0 Å². The maximum atomic E-state index is 11.1. The van der Waals surface area contributed by atoms with E-state index >= 15 is 0 Å². The first-order chi connectivity index (χ1) is 4.98. The molecule has 0 spiro atoms. The second-order valence-electron chi connectivity index (χ2n) is 4.59. The minimum Gasteiger partial charge on any atom is -0.325 e. The molecule has 0 radical (unpaired) electrons. The Hall–Kier alpha value is -0.370. The highest BCUT2D eigenvalue weighted by Gasteiger charge is 2.68. The second-order valence-corrected chi connectivity index (χ2v) is 4.59. The molecule has 0 aromatic heterocycles. The molecule has 2 heteroatoms. The summed E-state index contributed by atoms with van der Waals surface area (Å²) in [6.45, 7) is 3.73. The Kier molecular flexibility index (Phi) is 1.12. The summed E-state index contributed by atoms with van der Waals surface area (Å²) < 4.78 is 0. The SMILES string of the molecule is CC(=O)C(C)C12CC(N)(C1)C2. The lowest BCUT2D eigenvalue weighted by Gasteiger charge is -2.71. The van der Waals surface area contributed by atoms with Gasteiger partial charge in [-0.3, -0.25) is 4.79 Å². The van der Waals surface area contributed by atoms with Crippen LogP contribution >= 0.6 is 0 Å². The van der Waals surface area contributed by atoms with Crippen molar-refractivity contribution < 1.29 is 4.79 Å². The van der Waals surface area contributed by atoms with Crippen LogP contribution < -0.4 is 5.73 Å². The fourth-order valence-corrected chi connectivity index (χ4v) is 2.84. The first-order valence-electron chi connectivity index (χ1n) is 4.27. The van der Waals surface area contributed by atoms with Crippen LogP contribution in [0, 0.1) is 11.3 Å². The van der Waals surface area contributed by atoms with Crippen molar-refractivity contribution in [3.63, 3.8) is 0 Å². The van der Waals surface area contributed by atoms with Crippen molar-refractivity contribution >= 4 is 5.78 Å². The Bertz CT molecular complexity index is 202. The molecule has 3 aliphatic carbocycles. The van der Waals surface area contributed by atoms with Gasteiger partial charge in [-0.05, 0) is 31.6 Å². The van der Waals surface area contributed by atoms with Crippen LogP contribution in [-0.2, 0) is 4.79 Å². The zero-order valence-electron chi connectivity index (χ0n) is 7.18. The van der Waals surface area contributed by atoms with E-state index in [2.05, 4.69) is 0 Å². The van der Waals surface area contributed by atoms with Crippen LogP contribution in [0.1, 0.15) is 33.1 Å². The molecule has 0 heterocycles. The van der Waals surface area contributed by atoms with Gasteiger partial charge in [-0.2, -0.15) is 0 Å². The smallest absolute Gasteiger partial charge is 0.133 e. The number of carbonyl (C=O) groups is 1. The van der Waals surface area contributed by atoms with Crippen LogP contribution in [0.25, 0.3) is 0 Å². The van der Waals surface area contributed by atoms with Crippen molar-refractivity contribution in [2.45, 2.75) is 38.6 Å². The summed E-state index contributed by atoms with van der Waals surface area (Å²) in [7, 11) is 0. The van der Waals surface area contributed by atoms with Crippen LogP contribution in [0.2, 0.25) is 0 Å². The number of hydrogen-bond donors (Lipinski definition) is 1. The lowest BCUT2D eigenvalue weighted by atomic mass is 9.36. The van der Waals surface area contributed by atoms with E-state index in [-0.39, 0.29) is 11.5 Å². The van der Waals surface area contributed by atoms with E-state index in [1.807, 2.05) is 6.92 Å². The molecule has 0 aromatic carbocycles. The molecule has 3 fully saturated rings. The van der Waals surface area contributed by atoms with E-state index in [9.17, 15) is 4.79 Å². The standard InChI is InChI=1S/C9H15NO/c1-6(7(2)11)8-3-9(10,4-8)5-8/h6H,3-5,10H2,1-2H3. The molecule has 0 saturated heterocycles. The van der Waals surface area contributed by atoms with Crippen LogP contribution in [0.15, 0.2) is 0 Å². The predicted octanol–water partition coefficient (Wildman–Crippen LogP) is 1.09. The third-order valence-corrected chi connectivity index (χ3v) is 3.64. The Labute approximate surface area is 67.1 Å². The predicted molar refractivity (Wildman–Crippen MR) is 43.0 cm³/mol. The third kappa shape index (κ3) is 0.734. The molecule has 2 nitrogen and oxygen atoms in total. The zero-order chi connectivity index (χ0) is 8.28. The molecule has 0 aromatic rings. The number of ketones is 1. The largest absolute Gasteiger partial charge is 0.325 e. The molecular weight excluding hydrogens is 138 g/mol. The zero-order valence-corrected chi connectivity index (χ0v) is 7.18. The van der Waals surface area contributed by atoms with Gasteiger partial charge in [-0.1, -0.05) is 6.92 Å². The Morgan fingerprint density at radius 3 is 2.18 bits per heavy atom. The van der Waals surface area contributed by atoms with Crippen LogP contribution in [-0.4, -0.2) is 11.3 Å². The van der Waals surface area contributed by atoms with Gasteiger partial charge in [0.15, 0.2) is 0 Å². The van der Waals surface area contributed by atoms with Crippen LogP contribution in [0.4, 0.5) is 0 Å². The highest BCUT2D eigenvalue weighted by Crippen LogP contribution is 2.69. The highest BCUT2D eigenvalue weighted by atomic mass is 16.1. The maximum absolute atomic E-state index is 11.1. The third-order valence-electron chi connectivity index (χ3n) is 3.64. The van der Waals surface area contributed by atoms with E-state index in [0.717, 1.165) is 19.3 Å². The molecule has 0 aliphatic heterocycles. The van der Waals surface area contributed by atoms with E-state index in [1.54, 1.807) is 6.92 Å². The second kappa shape index (κ2) is 1.69. The molecule has 2 N–H and O–H groups in total. The quantitative estimate of drug-likeness (QED) is 0.645. The molecule has 62 valence electrons. The van der Waals surface area contributed by atoms with Gasteiger partial charge in [0.2, 0.25) is 0 Å². The molecule has 0 amide bonds. The Morgan fingerprint density at radius 1 is 1.45 bits per heavy atom. The maximum Gasteiger partial charge on any atom is 0.133 e. The Balaban J connectivity index is 2.04. The monoisotopic (exact) mass is 153 g/mol. The van der Waals surface area contributed by atoms with Gasteiger partial charge < -0.3 is 5.73 Å². The summed E-state index contributed by atoms with van der Waals surface area (Å²) >= 11 is 0. The molecule has 11 heavy (non-hydrogen) atoms. The summed E-state index contributed by atoms with van der Waals surface area (Å²) in [5.41, 5.74) is 6.38. The van der Waals surface area contributed by atoms with Crippen molar-refractivity contribution in [3.05, 3.63) is 0 Å². The number of hydrogen-bond acceptors (Lipinski definition) is 2. The van der Waals surface area contributed by atoms with Crippen molar-refractivity contribution in [3.8, 4) is 0 Å². The number of Topliss-reactive ketones (excluding diaryl/α,β-unsaturated/α-hetero) is 1. The van der Waals surface area contributed by atoms with Gasteiger partial charge in [-0.25, -0.2) is 0 Å². The summed E-state index contributed by atoms with van der Waals surface area (Å²) in [5, 5.41) is 0. The van der Waals surface area contributed by atoms with Crippen LogP contribution in [0.3, 0.4) is 0 Å². The first kappa shape index (κ1) is 7.29. The van der Waals surface area contributed by atoms with E-state index < -0.39 is 0 Å². The highest BCUT2D eigenvalue weighted by molar-refractivity contribution is 5.79. The number of rotatable bonds is 2. The molecule has 3 aliphatic rings.